The molecule has 25 heavy (non-hydrogen) atoms. The number of benzene rings is 2. The second-order valence-corrected chi connectivity index (χ2v) is 8.27. The third kappa shape index (κ3) is 2.89. The minimum Gasteiger partial charge on any atom is -0.370 e. The van der Waals surface area contributed by atoms with E-state index in [9.17, 15) is 8.42 Å². The molecule has 0 radical (unpaired) electrons. The molecule has 2 aromatic carbocycles. The van der Waals surface area contributed by atoms with Gasteiger partial charge in [0.1, 0.15) is 4.90 Å². The molecule has 4 rings (SSSR count). The highest BCUT2D eigenvalue weighted by molar-refractivity contribution is 7.91. The van der Waals surface area contributed by atoms with E-state index >= 15 is 0 Å². The quantitative estimate of drug-likeness (QED) is 0.713. The number of fused-ring (bicyclic) bond motifs is 1. The first-order valence-electron chi connectivity index (χ1n) is 8.61. The van der Waals surface area contributed by atoms with Crippen molar-refractivity contribution in [2.24, 2.45) is 0 Å². The Bertz CT molecular complexity index is 995. The van der Waals surface area contributed by atoms with E-state index in [4.69, 9.17) is 0 Å². The first-order chi connectivity index (χ1) is 12.2. The summed E-state index contributed by atoms with van der Waals surface area (Å²) < 4.78 is 26.5. The zero-order valence-corrected chi connectivity index (χ0v) is 14.7. The molecule has 0 spiro atoms. The third-order valence-corrected chi connectivity index (χ3v) is 6.50. The van der Waals surface area contributed by atoms with Gasteiger partial charge >= 0.3 is 0 Å². The second kappa shape index (κ2) is 6.48. The summed E-state index contributed by atoms with van der Waals surface area (Å²) in [6.07, 6.45) is 4.89. The summed E-state index contributed by atoms with van der Waals surface area (Å²) in [6.45, 7) is 1.76. The van der Waals surface area contributed by atoms with Crippen molar-refractivity contribution in [1.29, 1.82) is 0 Å². The van der Waals surface area contributed by atoms with Crippen molar-refractivity contribution in [1.82, 2.24) is 4.98 Å². The Morgan fingerprint density at radius 2 is 1.52 bits per heavy atom. The van der Waals surface area contributed by atoms with Crippen LogP contribution in [0, 0.1) is 0 Å². The molecule has 5 heteroatoms. The second-order valence-electron chi connectivity index (χ2n) is 6.35. The molecule has 1 aliphatic heterocycles. The zero-order valence-electron chi connectivity index (χ0n) is 13.9. The van der Waals surface area contributed by atoms with Crippen molar-refractivity contribution in [3.8, 4) is 0 Å². The van der Waals surface area contributed by atoms with Gasteiger partial charge in [-0.2, -0.15) is 0 Å². The summed E-state index contributed by atoms with van der Waals surface area (Å²) >= 11 is 0. The number of rotatable bonds is 3. The summed E-state index contributed by atoms with van der Waals surface area (Å²) in [5, 5.41) is 0.904. The Labute approximate surface area is 148 Å². The zero-order chi connectivity index (χ0) is 17.3. The van der Waals surface area contributed by atoms with Gasteiger partial charge in [0.15, 0.2) is 0 Å². The number of piperidine rings is 1. The lowest BCUT2D eigenvalue weighted by Gasteiger charge is -2.31. The molecule has 3 aromatic rings. The first kappa shape index (κ1) is 16.1. The van der Waals surface area contributed by atoms with E-state index in [0.717, 1.165) is 42.5 Å². The summed E-state index contributed by atoms with van der Waals surface area (Å²) in [5.41, 5.74) is 1.63. The molecule has 0 unspecified atom stereocenters. The lowest BCUT2D eigenvalue weighted by molar-refractivity contribution is 0.572. The average molecular weight is 352 g/mol. The number of para-hydroxylation sites is 1. The summed E-state index contributed by atoms with van der Waals surface area (Å²) in [6, 6.07) is 16.4. The van der Waals surface area contributed by atoms with Crippen molar-refractivity contribution in [3.63, 3.8) is 0 Å². The number of pyridine rings is 1. The lowest BCUT2D eigenvalue weighted by atomic mass is 10.1. The Morgan fingerprint density at radius 1 is 0.840 bits per heavy atom. The van der Waals surface area contributed by atoms with Crippen molar-refractivity contribution >= 4 is 26.4 Å². The Balaban J connectivity index is 1.97. The van der Waals surface area contributed by atoms with Gasteiger partial charge in [-0.3, -0.25) is 4.98 Å². The maximum Gasteiger partial charge on any atom is 0.210 e. The van der Waals surface area contributed by atoms with Crippen molar-refractivity contribution in [3.05, 3.63) is 60.8 Å². The molecule has 128 valence electrons. The molecule has 0 saturated carbocycles. The molecular weight excluding hydrogens is 332 g/mol. The highest BCUT2D eigenvalue weighted by Gasteiger charge is 2.27. The van der Waals surface area contributed by atoms with Crippen molar-refractivity contribution in [2.75, 3.05) is 18.0 Å². The molecule has 4 nitrogen and oxygen atoms in total. The van der Waals surface area contributed by atoms with Gasteiger partial charge in [-0.15, -0.1) is 0 Å². The van der Waals surface area contributed by atoms with Gasteiger partial charge in [-0.05, 0) is 37.5 Å². The average Bonchev–Trinajstić information content (AvgIpc) is 2.68. The van der Waals surface area contributed by atoms with E-state index in [1.54, 1.807) is 24.3 Å². The van der Waals surface area contributed by atoms with Gasteiger partial charge in [-0.1, -0.05) is 36.4 Å². The van der Waals surface area contributed by atoms with E-state index in [2.05, 4.69) is 9.88 Å². The summed E-state index contributed by atoms with van der Waals surface area (Å²) in [7, 11) is -3.61. The fraction of sp³-hybridized carbons (Fsp3) is 0.250. The van der Waals surface area contributed by atoms with Gasteiger partial charge in [-0.25, -0.2) is 8.42 Å². The molecule has 0 atom stereocenters. The molecule has 0 aliphatic carbocycles. The first-order valence-corrected chi connectivity index (χ1v) is 10.1. The topological polar surface area (TPSA) is 50.3 Å². The Kier molecular flexibility index (Phi) is 4.17. The summed E-state index contributed by atoms with van der Waals surface area (Å²) in [4.78, 5) is 7.25. The van der Waals surface area contributed by atoms with Crippen LogP contribution in [0.5, 0.6) is 0 Å². The number of anilines is 1. The molecule has 1 aromatic heterocycles. The number of sulfone groups is 1. The highest BCUT2D eigenvalue weighted by atomic mass is 32.2. The van der Waals surface area contributed by atoms with E-state index in [1.807, 2.05) is 30.3 Å². The van der Waals surface area contributed by atoms with Crippen LogP contribution in [-0.2, 0) is 9.84 Å². The monoisotopic (exact) mass is 352 g/mol. The number of nitrogens with zero attached hydrogens (tertiary/aromatic N) is 2. The van der Waals surface area contributed by atoms with Gasteiger partial charge < -0.3 is 4.90 Å². The maximum absolute atomic E-state index is 13.3. The van der Waals surface area contributed by atoms with E-state index in [1.165, 1.54) is 12.6 Å². The predicted octanol–water partition coefficient (Wildman–Crippen LogP) is 4.06. The van der Waals surface area contributed by atoms with Crippen LogP contribution in [0.1, 0.15) is 19.3 Å². The smallest absolute Gasteiger partial charge is 0.210 e. The fourth-order valence-corrected chi connectivity index (χ4v) is 4.93. The molecule has 1 fully saturated rings. The van der Waals surface area contributed by atoms with Crippen LogP contribution in [0.15, 0.2) is 70.6 Å². The standard InChI is InChI=1S/C20H20N2O2S/c23-25(24,16-9-3-1-4-10-16)19-15-21-18-12-6-5-11-17(18)20(19)22-13-7-2-8-14-22/h1,3-6,9-12,15H,2,7-8,13-14H2. The Hall–Kier alpha value is -2.40. The lowest BCUT2D eigenvalue weighted by Crippen LogP contribution is -2.31. The molecule has 0 N–H and O–H groups in total. The molecule has 2 heterocycles. The number of hydrogen-bond donors (Lipinski definition) is 0. The van der Waals surface area contributed by atoms with Gasteiger partial charge in [0.25, 0.3) is 0 Å². The van der Waals surface area contributed by atoms with Gasteiger partial charge in [0.05, 0.1) is 16.1 Å². The van der Waals surface area contributed by atoms with Crippen LogP contribution in [0.4, 0.5) is 5.69 Å². The SMILES string of the molecule is O=S(=O)(c1ccccc1)c1cnc2ccccc2c1N1CCCCC1. The predicted molar refractivity (Wildman–Crippen MR) is 99.7 cm³/mol. The van der Waals surface area contributed by atoms with Crippen molar-refractivity contribution < 1.29 is 8.42 Å². The molecule has 0 bridgehead atoms. The van der Waals surface area contributed by atoms with E-state index in [0.29, 0.717) is 9.79 Å². The highest BCUT2D eigenvalue weighted by Crippen LogP contribution is 2.36. The van der Waals surface area contributed by atoms with Crippen molar-refractivity contribution in [2.45, 2.75) is 29.1 Å². The van der Waals surface area contributed by atoms with Crippen LogP contribution >= 0.6 is 0 Å². The van der Waals surface area contributed by atoms with Crippen LogP contribution < -0.4 is 4.90 Å². The molecule has 0 amide bonds. The van der Waals surface area contributed by atoms with Crippen LogP contribution in [0.3, 0.4) is 0 Å². The number of aromatic nitrogens is 1. The molecule has 1 aliphatic rings. The fourth-order valence-electron chi connectivity index (χ4n) is 3.48. The minimum atomic E-state index is -3.61. The largest absolute Gasteiger partial charge is 0.370 e. The maximum atomic E-state index is 13.3. The molecular formula is C20H20N2O2S. The number of hydrogen-bond acceptors (Lipinski definition) is 4. The molecule has 1 saturated heterocycles. The minimum absolute atomic E-state index is 0.305. The van der Waals surface area contributed by atoms with Gasteiger partial charge in [0.2, 0.25) is 9.84 Å². The van der Waals surface area contributed by atoms with E-state index < -0.39 is 9.84 Å². The normalized spacial score (nSPS) is 15.4. The van der Waals surface area contributed by atoms with Crippen LogP contribution in [0.25, 0.3) is 10.9 Å². The summed E-state index contributed by atoms with van der Waals surface area (Å²) in [5.74, 6) is 0. The van der Waals surface area contributed by atoms with Crippen LogP contribution in [0.2, 0.25) is 0 Å². The van der Waals surface area contributed by atoms with E-state index in [-0.39, 0.29) is 0 Å². The van der Waals surface area contributed by atoms with Crippen LogP contribution in [-0.4, -0.2) is 26.5 Å². The Morgan fingerprint density at radius 3 is 2.28 bits per heavy atom. The third-order valence-electron chi connectivity index (χ3n) is 4.73. The van der Waals surface area contributed by atoms with Gasteiger partial charge in [0, 0.05) is 24.7 Å².